The van der Waals surface area contributed by atoms with Crippen molar-refractivity contribution < 1.29 is 5.11 Å². The number of hydrogen-bond acceptors (Lipinski definition) is 3. The van der Waals surface area contributed by atoms with Gasteiger partial charge in [-0.3, -0.25) is 0 Å². The molecule has 0 aromatic carbocycles. The van der Waals surface area contributed by atoms with E-state index in [1.54, 1.807) is 0 Å². The maximum Gasteiger partial charge on any atom is 0.126 e. The monoisotopic (exact) mass is 178 g/mol. The fourth-order valence-corrected chi connectivity index (χ4v) is 1.34. The molecule has 1 aliphatic rings. The van der Waals surface area contributed by atoms with Crippen molar-refractivity contribution in [2.24, 2.45) is 0 Å². The van der Waals surface area contributed by atoms with E-state index in [4.69, 9.17) is 5.11 Å². The third-order valence-electron chi connectivity index (χ3n) is 2.13. The lowest BCUT2D eigenvalue weighted by atomic mass is 10.2. The van der Waals surface area contributed by atoms with Crippen LogP contribution in [0.5, 0.6) is 0 Å². The number of aliphatic hydroxyl groups excluding tert-OH is 1. The molecule has 13 heavy (non-hydrogen) atoms. The van der Waals surface area contributed by atoms with Crippen LogP contribution in [-0.2, 0) is 6.61 Å². The molecule has 1 aliphatic carbocycles. The van der Waals surface area contributed by atoms with Gasteiger partial charge in [0.25, 0.3) is 0 Å². The average Bonchev–Trinajstić information content (AvgIpc) is 2.87. The molecular formula is C10H14N2O. The van der Waals surface area contributed by atoms with Crippen molar-refractivity contribution in [2.75, 3.05) is 5.32 Å². The van der Waals surface area contributed by atoms with Gasteiger partial charge in [-0.25, -0.2) is 4.98 Å². The molecule has 70 valence electrons. The quantitative estimate of drug-likeness (QED) is 0.736. The highest BCUT2D eigenvalue weighted by atomic mass is 16.3. The summed E-state index contributed by atoms with van der Waals surface area (Å²) in [7, 11) is 0. The SMILES string of the molecule is Cc1cc(CO)cc(NC2CC2)n1. The smallest absolute Gasteiger partial charge is 0.126 e. The summed E-state index contributed by atoms with van der Waals surface area (Å²) >= 11 is 0. The summed E-state index contributed by atoms with van der Waals surface area (Å²) in [6.07, 6.45) is 2.48. The average molecular weight is 178 g/mol. The lowest BCUT2D eigenvalue weighted by molar-refractivity contribution is 0.281. The van der Waals surface area contributed by atoms with Crippen LogP contribution in [0.2, 0.25) is 0 Å². The van der Waals surface area contributed by atoms with E-state index in [0.29, 0.717) is 6.04 Å². The summed E-state index contributed by atoms with van der Waals surface area (Å²) < 4.78 is 0. The minimum atomic E-state index is 0.0860. The number of nitrogens with zero attached hydrogens (tertiary/aromatic N) is 1. The number of hydrogen-bond donors (Lipinski definition) is 2. The van der Waals surface area contributed by atoms with Crippen LogP contribution in [0.25, 0.3) is 0 Å². The summed E-state index contributed by atoms with van der Waals surface area (Å²) in [5.41, 5.74) is 1.88. The Morgan fingerprint density at radius 1 is 1.54 bits per heavy atom. The van der Waals surface area contributed by atoms with E-state index >= 15 is 0 Å². The minimum absolute atomic E-state index is 0.0860. The molecule has 3 heteroatoms. The van der Waals surface area contributed by atoms with Crippen molar-refractivity contribution in [3.8, 4) is 0 Å². The van der Waals surface area contributed by atoms with Crippen molar-refractivity contribution in [1.82, 2.24) is 4.98 Å². The molecule has 0 unspecified atom stereocenters. The molecule has 0 spiro atoms. The molecule has 3 nitrogen and oxygen atoms in total. The van der Waals surface area contributed by atoms with Crippen LogP contribution in [0, 0.1) is 6.92 Å². The van der Waals surface area contributed by atoms with Crippen LogP contribution in [0.3, 0.4) is 0 Å². The highest BCUT2D eigenvalue weighted by Gasteiger charge is 2.21. The number of aromatic nitrogens is 1. The zero-order chi connectivity index (χ0) is 9.26. The number of aliphatic hydroxyl groups is 1. The van der Waals surface area contributed by atoms with Gasteiger partial charge in [-0.15, -0.1) is 0 Å². The largest absolute Gasteiger partial charge is 0.392 e. The molecule has 0 aliphatic heterocycles. The van der Waals surface area contributed by atoms with Crippen LogP contribution in [-0.4, -0.2) is 16.1 Å². The zero-order valence-corrected chi connectivity index (χ0v) is 7.75. The predicted octanol–water partition coefficient (Wildman–Crippen LogP) is 1.46. The molecule has 1 saturated carbocycles. The summed E-state index contributed by atoms with van der Waals surface area (Å²) in [5.74, 6) is 0.895. The molecule has 0 amide bonds. The van der Waals surface area contributed by atoms with Gasteiger partial charge in [-0.1, -0.05) is 0 Å². The zero-order valence-electron chi connectivity index (χ0n) is 7.75. The van der Waals surface area contributed by atoms with Gasteiger partial charge in [0.15, 0.2) is 0 Å². The number of nitrogens with one attached hydrogen (secondary N) is 1. The lowest BCUT2D eigenvalue weighted by Crippen LogP contribution is -2.04. The van der Waals surface area contributed by atoms with E-state index in [1.807, 2.05) is 19.1 Å². The van der Waals surface area contributed by atoms with Crippen molar-refractivity contribution in [3.05, 3.63) is 23.4 Å². The standard InChI is InChI=1S/C10H14N2O/c1-7-4-8(6-13)5-10(11-7)12-9-2-3-9/h4-5,9,13H,2-3,6H2,1H3,(H,11,12). The van der Waals surface area contributed by atoms with Gasteiger partial charge < -0.3 is 10.4 Å². The maximum atomic E-state index is 8.98. The molecule has 1 aromatic rings. The topological polar surface area (TPSA) is 45.1 Å². The van der Waals surface area contributed by atoms with Gasteiger partial charge >= 0.3 is 0 Å². The van der Waals surface area contributed by atoms with E-state index < -0.39 is 0 Å². The second-order valence-corrected chi connectivity index (χ2v) is 3.58. The van der Waals surface area contributed by atoms with Crippen LogP contribution >= 0.6 is 0 Å². The molecule has 2 rings (SSSR count). The first-order valence-electron chi connectivity index (χ1n) is 4.63. The van der Waals surface area contributed by atoms with Crippen molar-refractivity contribution in [2.45, 2.75) is 32.4 Å². The van der Waals surface area contributed by atoms with Crippen molar-refractivity contribution in [3.63, 3.8) is 0 Å². The number of pyridine rings is 1. The molecule has 0 radical (unpaired) electrons. The maximum absolute atomic E-state index is 8.98. The van der Waals surface area contributed by atoms with Crippen LogP contribution in [0.4, 0.5) is 5.82 Å². The highest BCUT2D eigenvalue weighted by molar-refractivity contribution is 5.41. The second kappa shape index (κ2) is 3.34. The Balaban J connectivity index is 2.17. The van der Waals surface area contributed by atoms with Crippen LogP contribution in [0.15, 0.2) is 12.1 Å². The Morgan fingerprint density at radius 3 is 2.92 bits per heavy atom. The van der Waals surface area contributed by atoms with E-state index in [2.05, 4.69) is 10.3 Å². The second-order valence-electron chi connectivity index (χ2n) is 3.58. The Morgan fingerprint density at radius 2 is 2.31 bits per heavy atom. The molecule has 0 atom stereocenters. The van der Waals surface area contributed by atoms with Gasteiger partial charge in [0.2, 0.25) is 0 Å². The fraction of sp³-hybridized carbons (Fsp3) is 0.500. The van der Waals surface area contributed by atoms with E-state index in [0.717, 1.165) is 17.1 Å². The molecule has 1 aromatic heterocycles. The minimum Gasteiger partial charge on any atom is -0.392 e. The lowest BCUT2D eigenvalue weighted by Gasteiger charge is -2.06. The Labute approximate surface area is 77.8 Å². The van der Waals surface area contributed by atoms with Crippen molar-refractivity contribution >= 4 is 5.82 Å². The highest BCUT2D eigenvalue weighted by Crippen LogP contribution is 2.24. The fourth-order valence-electron chi connectivity index (χ4n) is 1.34. The van der Waals surface area contributed by atoms with Gasteiger partial charge in [-0.2, -0.15) is 0 Å². The number of anilines is 1. The molecule has 1 heterocycles. The first-order valence-corrected chi connectivity index (χ1v) is 4.63. The number of aryl methyl sites for hydroxylation is 1. The third kappa shape index (κ3) is 2.18. The van der Waals surface area contributed by atoms with E-state index in [9.17, 15) is 0 Å². The first kappa shape index (κ1) is 8.51. The molecule has 2 N–H and O–H groups in total. The van der Waals surface area contributed by atoms with Crippen molar-refractivity contribution in [1.29, 1.82) is 0 Å². The summed E-state index contributed by atoms with van der Waals surface area (Å²) in [6.45, 7) is 2.03. The first-order chi connectivity index (χ1) is 6.28. The molecule has 1 fully saturated rings. The van der Waals surface area contributed by atoms with Gasteiger partial charge in [0, 0.05) is 11.7 Å². The van der Waals surface area contributed by atoms with Gasteiger partial charge in [0.05, 0.1) is 6.61 Å². The van der Waals surface area contributed by atoms with E-state index in [1.165, 1.54) is 12.8 Å². The normalized spacial score (nSPS) is 15.8. The van der Waals surface area contributed by atoms with Crippen LogP contribution < -0.4 is 5.32 Å². The predicted molar refractivity (Wildman–Crippen MR) is 51.5 cm³/mol. The Kier molecular flexibility index (Phi) is 2.19. The summed E-state index contributed by atoms with van der Waals surface area (Å²) in [5, 5.41) is 12.3. The Hall–Kier alpha value is -1.09. The number of rotatable bonds is 3. The third-order valence-corrected chi connectivity index (χ3v) is 2.13. The van der Waals surface area contributed by atoms with E-state index in [-0.39, 0.29) is 6.61 Å². The molecule has 0 saturated heterocycles. The van der Waals surface area contributed by atoms with Gasteiger partial charge in [-0.05, 0) is 37.5 Å². The Bertz CT molecular complexity index is 308. The van der Waals surface area contributed by atoms with Gasteiger partial charge in [0.1, 0.15) is 5.82 Å². The summed E-state index contributed by atoms with van der Waals surface area (Å²) in [6, 6.07) is 4.42. The molecular weight excluding hydrogens is 164 g/mol. The van der Waals surface area contributed by atoms with Crippen LogP contribution in [0.1, 0.15) is 24.1 Å². The summed E-state index contributed by atoms with van der Waals surface area (Å²) in [4.78, 5) is 4.34. The molecule has 0 bridgehead atoms.